The summed E-state index contributed by atoms with van der Waals surface area (Å²) in [6.45, 7) is 1.78. The smallest absolute Gasteiger partial charge is 0.273 e. The second kappa shape index (κ2) is 6.89. The maximum absolute atomic E-state index is 11.7. The molecule has 1 saturated heterocycles. The van der Waals surface area contributed by atoms with Gasteiger partial charge in [0, 0.05) is 29.9 Å². The molecule has 5 N–H and O–H groups in total. The van der Waals surface area contributed by atoms with Gasteiger partial charge in [-0.15, -0.1) is 10.2 Å². The summed E-state index contributed by atoms with van der Waals surface area (Å²) in [5, 5.41) is 18.5. The number of nitrogens with two attached hydrogens (primary N) is 1. The molecule has 1 fully saturated rings. The fourth-order valence-electron chi connectivity index (χ4n) is 2.89. The number of hydrogen-bond donors (Lipinski definition) is 4. The number of anilines is 3. The molecular weight excluding hydrogens is 332 g/mol. The maximum atomic E-state index is 11.7. The van der Waals surface area contributed by atoms with Gasteiger partial charge in [-0.1, -0.05) is 6.07 Å². The van der Waals surface area contributed by atoms with Gasteiger partial charge < -0.3 is 21.7 Å². The molecule has 9 nitrogen and oxygen atoms in total. The number of carbonyl (C=O) groups is 1. The van der Waals surface area contributed by atoms with Crippen LogP contribution in [0.5, 0.6) is 0 Å². The third-order valence-electron chi connectivity index (χ3n) is 4.18. The van der Waals surface area contributed by atoms with Crippen LogP contribution < -0.4 is 21.7 Å². The molecule has 9 heteroatoms. The Kier molecular flexibility index (Phi) is 4.28. The lowest BCUT2D eigenvalue weighted by Gasteiger charge is -2.13. The van der Waals surface area contributed by atoms with Crippen molar-refractivity contribution in [2.75, 3.05) is 23.7 Å². The lowest BCUT2D eigenvalue weighted by atomic mass is 10.2. The average Bonchev–Trinajstić information content (AvgIpc) is 3.14. The van der Waals surface area contributed by atoms with Crippen molar-refractivity contribution >= 4 is 34.3 Å². The Morgan fingerprint density at radius 1 is 1.27 bits per heavy atom. The summed E-state index contributed by atoms with van der Waals surface area (Å²) in [5.41, 5.74) is 7.03. The summed E-state index contributed by atoms with van der Waals surface area (Å²) in [6, 6.07) is 9.72. The van der Waals surface area contributed by atoms with Gasteiger partial charge in [-0.2, -0.15) is 4.98 Å². The molecule has 0 saturated carbocycles. The molecule has 132 valence electrons. The fraction of sp³-hybridized carbons (Fsp3) is 0.235. The van der Waals surface area contributed by atoms with Crippen LogP contribution in [0.1, 0.15) is 16.9 Å². The molecule has 1 atom stereocenters. The van der Waals surface area contributed by atoms with Crippen molar-refractivity contribution in [3.63, 3.8) is 0 Å². The van der Waals surface area contributed by atoms with Crippen LogP contribution in [0.3, 0.4) is 0 Å². The van der Waals surface area contributed by atoms with Crippen molar-refractivity contribution in [3.8, 4) is 0 Å². The van der Waals surface area contributed by atoms with Gasteiger partial charge in [0.15, 0.2) is 11.5 Å². The van der Waals surface area contributed by atoms with Crippen LogP contribution in [-0.2, 0) is 0 Å². The molecule has 4 rings (SSSR count). The molecule has 1 aromatic carbocycles. The number of rotatable bonds is 5. The number of aromatic nitrogens is 4. The van der Waals surface area contributed by atoms with Crippen LogP contribution in [0.25, 0.3) is 10.9 Å². The summed E-state index contributed by atoms with van der Waals surface area (Å²) in [4.78, 5) is 20.4. The van der Waals surface area contributed by atoms with Crippen molar-refractivity contribution in [1.82, 2.24) is 25.5 Å². The number of hydrogen-bond acceptors (Lipinski definition) is 8. The van der Waals surface area contributed by atoms with Crippen LogP contribution in [0, 0.1) is 0 Å². The van der Waals surface area contributed by atoms with Gasteiger partial charge >= 0.3 is 0 Å². The molecule has 0 radical (unpaired) electrons. The first-order valence-electron chi connectivity index (χ1n) is 8.32. The molecule has 3 heterocycles. The molecule has 0 unspecified atom stereocenters. The van der Waals surface area contributed by atoms with E-state index in [0.29, 0.717) is 5.95 Å². The van der Waals surface area contributed by atoms with Crippen LogP contribution >= 0.6 is 0 Å². The number of carbonyl (C=O) groups excluding carboxylic acids is 1. The molecule has 3 aromatic rings. The Labute approximate surface area is 149 Å². The van der Waals surface area contributed by atoms with E-state index in [-0.39, 0.29) is 17.6 Å². The molecule has 26 heavy (non-hydrogen) atoms. The summed E-state index contributed by atoms with van der Waals surface area (Å²) >= 11 is 0. The molecule has 0 spiro atoms. The first kappa shape index (κ1) is 16.2. The normalized spacial score (nSPS) is 16.5. The molecule has 1 aliphatic rings. The molecule has 2 aromatic heterocycles. The second-order valence-electron chi connectivity index (χ2n) is 6.07. The third kappa shape index (κ3) is 3.38. The van der Waals surface area contributed by atoms with E-state index in [0.717, 1.165) is 36.1 Å². The second-order valence-corrected chi connectivity index (χ2v) is 6.07. The van der Waals surface area contributed by atoms with E-state index in [1.165, 1.54) is 0 Å². The highest BCUT2D eigenvalue weighted by atomic mass is 16.1. The number of primary amides is 1. The van der Waals surface area contributed by atoms with Gasteiger partial charge in [-0.25, -0.2) is 0 Å². The Balaban J connectivity index is 1.64. The predicted octanol–water partition coefficient (Wildman–Crippen LogP) is 1.04. The number of nitrogens with one attached hydrogen (secondary N) is 3. The summed E-state index contributed by atoms with van der Waals surface area (Å²) in [5.74, 6) is -0.0677. The fourth-order valence-corrected chi connectivity index (χ4v) is 2.89. The van der Waals surface area contributed by atoms with E-state index in [2.05, 4.69) is 36.1 Å². The molecule has 0 bridgehead atoms. The predicted molar refractivity (Wildman–Crippen MR) is 98.3 cm³/mol. The van der Waals surface area contributed by atoms with E-state index in [9.17, 15) is 4.79 Å². The number of nitrogens with zero attached hydrogens (tertiary/aromatic N) is 4. The molecule has 1 aliphatic heterocycles. The highest BCUT2D eigenvalue weighted by Crippen LogP contribution is 2.22. The van der Waals surface area contributed by atoms with Crippen molar-refractivity contribution in [3.05, 3.63) is 42.2 Å². The van der Waals surface area contributed by atoms with Crippen molar-refractivity contribution < 1.29 is 4.79 Å². The van der Waals surface area contributed by atoms with E-state index in [4.69, 9.17) is 5.73 Å². The lowest BCUT2D eigenvalue weighted by Crippen LogP contribution is -2.25. The first-order chi connectivity index (χ1) is 12.7. The van der Waals surface area contributed by atoms with Gasteiger partial charge in [-0.05, 0) is 37.2 Å². The SMILES string of the molecule is NC(=O)c1nnc(N[C@@H]2CCNC2)nc1Nc1ccc2ncccc2c1. The Morgan fingerprint density at radius 3 is 3.00 bits per heavy atom. The van der Waals surface area contributed by atoms with Crippen molar-refractivity contribution in [1.29, 1.82) is 0 Å². The van der Waals surface area contributed by atoms with Crippen molar-refractivity contribution in [2.45, 2.75) is 12.5 Å². The van der Waals surface area contributed by atoms with E-state index < -0.39 is 5.91 Å². The van der Waals surface area contributed by atoms with Gasteiger partial charge in [0.2, 0.25) is 5.95 Å². The summed E-state index contributed by atoms with van der Waals surface area (Å²) < 4.78 is 0. The zero-order valence-corrected chi connectivity index (χ0v) is 13.9. The molecule has 1 amide bonds. The van der Waals surface area contributed by atoms with Gasteiger partial charge in [0.05, 0.1) is 5.52 Å². The number of benzene rings is 1. The zero-order chi connectivity index (χ0) is 17.9. The summed E-state index contributed by atoms with van der Waals surface area (Å²) in [6.07, 6.45) is 2.71. The largest absolute Gasteiger partial charge is 0.364 e. The number of fused-ring (bicyclic) bond motifs is 1. The maximum Gasteiger partial charge on any atom is 0.273 e. The third-order valence-corrected chi connectivity index (χ3v) is 4.18. The topological polar surface area (TPSA) is 131 Å². The minimum Gasteiger partial charge on any atom is -0.364 e. The van der Waals surface area contributed by atoms with Crippen LogP contribution in [-0.4, -0.2) is 45.2 Å². The highest BCUT2D eigenvalue weighted by molar-refractivity contribution is 5.96. The minimum atomic E-state index is -0.691. The molecular formula is C17H18N8O. The quantitative estimate of drug-likeness (QED) is 0.537. The Morgan fingerprint density at radius 2 is 2.19 bits per heavy atom. The number of pyridine rings is 1. The Bertz CT molecular complexity index is 954. The van der Waals surface area contributed by atoms with Gasteiger partial charge in [-0.3, -0.25) is 9.78 Å². The van der Waals surface area contributed by atoms with Gasteiger partial charge in [0.25, 0.3) is 5.91 Å². The standard InChI is InChI=1S/C17H18N8O/c18-15(26)14-16(23-17(25-24-14)22-12-5-7-19-9-12)21-11-3-4-13-10(8-11)2-1-6-20-13/h1-4,6,8,12,19H,5,7,9H2,(H2,18,26)(H2,21,22,23,25)/t12-/m1/s1. The van der Waals surface area contributed by atoms with Crippen molar-refractivity contribution in [2.24, 2.45) is 5.73 Å². The van der Waals surface area contributed by atoms with E-state index in [1.807, 2.05) is 30.3 Å². The highest BCUT2D eigenvalue weighted by Gasteiger charge is 2.18. The van der Waals surface area contributed by atoms with Gasteiger partial charge in [0.1, 0.15) is 0 Å². The lowest BCUT2D eigenvalue weighted by molar-refractivity contribution is 0.0995. The van der Waals surface area contributed by atoms with E-state index in [1.54, 1.807) is 6.20 Å². The van der Waals surface area contributed by atoms with Crippen LogP contribution in [0.4, 0.5) is 17.5 Å². The van der Waals surface area contributed by atoms with Crippen LogP contribution in [0.2, 0.25) is 0 Å². The molecule has 0 aliphatic carbocycles. The van der Waals surface area contributed by atoms with E-state index >= 15 is 0 Å². The monoisotopic (exact) mass is 350 g/mol. The average molecular weight is 350 g/mol. The Hall–Kier alpha value is -3.33. The van der Waals surface area contributed by atoms with Crippen LogP contribution in [0.15, 0.2) is 36.5 Å². The first-order valence-corrected chi connectivity index (χ1v) is 8.32. The zero-order valence-electron chi connectivity index (χ0n) is 13.9. The number of amides is 1. The summed E-state index contributed by atoms with van der Waals surface area (Å²) in [7, 11) is 0. The minimum absolute atomic E-state index is 0.00798.